The lowest BCUT2D eigenvalue weighted by Crippen LogP contribution is -2.47. The minimum Gasteiger partial charge on any atom is -0.313 e. The maximum Gasteiger partial charge on any atom is 0.0497 e. The molecule has 2 heteroatoms. The second kappa shape index (κ2) is 4.58. The van der Waals surface area contributed by atoms with Gasteiger partial charge < -0.3 is 10.6 Å². The van der Waals surface area contributed by atoms with Crippen molar-refractivity contribution in [3.8, 4) is 0 Å². The zero-order valence-corrected chi connectivity index (χ0v) is 9.46. The molecule has 0 aromatic heterocycles. The Kier molecular flexibility index (Phi) is 3.67. The Morgan fingerprint density at radius 3 is 2.07 bits per heavy atom. The first-order valence-corrected chi connectivity index (χ1v) is 5.03. The van der Waals surface area contributed by atoms with Gasteiger partial charge in [-0.25, -0.2) is 0 Å². The van der Waals surface area contributed by atoms with Gasteiger partial charge in [-0.1, -0.05) is 30.3 Å². The molecule has 2 nitrogen and oxygen atoms in total. The highest BCUT2D eigenvalue weighted by atomic mass is 15.0. The summed E-state index contributed by atoms with van der Waals surface area (Å²) >= 11 is 0. The standard InChI is InChI=1S/C12H20N2/c1-12(2,14-4)11(13-3)10-8-6-5-7-9-10/h5-9,11,13-14H,1-4H3. The molecule has 0 aliphatic carbocycles. The van der Waals surface area contributed by atoms with E-state index in [-0.39, 0.29) is 5.54 Å². The zero-order chi connectivity index (χ0) is 10.6. The molecule has 78 valence electrons. The van der Waals surface area contributed by atoms with Gasteiger partial charge in [0.15, 0.2) is 0 Å². The summed E-state index contributed by atoms with van der Waals surface area (Å²) < 4.78 is 0. The topological polar surface area (TPSA) is 24.1 Å². The monoisotopic (exact) mass is 192 g/mol. The van der Waals surface area contributed by atoms with Crippen molar-refractivity contribution < 1.29 is 0 Å². The van der Waals surface area contributed by atoms with E-state index in [0.29, 0.717) is 6.04 Å². The van der Waals surface area contributed by atoms with Crippen molar-refractivity contribution in [2.24, 2.45) is 0 Å². The van der Waals surface area contributed by atoms with Gasteiger partial charge in [0.05, 0.1) is 0 Å². The van der Waals surface area contributed by atoms with Crippen LogP contribution < -0.4 is 10.6 Å². The molecule has 0 bridgehead atoms. The molecule has 0 heterocycles. The molecule has 0 amide bonds. The fourth-order valence-electron chi connectivity index (χ4n) is 1.73. The van der Waals surface area contributed by atoms with E-state index in [0.717, 1.165) is 0 Å². The highest BCUT2D eigenvalue weighted by Crippen LogP contribution is 2.24. The predicted molar refractivity (Wildman–Crippen MR) is 61.4 cm³/mol. The van der Waals surface area contributed by atoms with Crippen molar-refractivity contribution in [3.63, 3.8) is 0 Å². The van der Waals surface area contributed by atoms with Crippen LogP contribution >= 0.6 is 0 Å². The van der Waals surface area contributed by atoms with E-state index in [1.165, 1.54) is 5.56 Å². The molecular weight excluding hydrogens is 172 g/mol. The van der Waals surface area contributed by atoms with Gasteiger partial charge in [0.1, 0.15) is 0 Å². The number of hydrogen-bond acceptors (Lipinski definition) is 2. The molecule has 1 unspecified atom stereocenters. The number of benzene rings is 1. The summed E-state index contributed by atoms with van der Waals surface area (Å²) in [4.78, 5) is 0. The van der Waals surface area contributed by atoms with Crippen molar-refractivity contribution in [3.05, 3.63) is 35.9 Å². The van der Waals surface area contributed by atoms with Gasteiger partial charge in [-0.3, -0.25) is 0 Å². The second-order valence-corrected chi connectivity index (χ2v) is 4.10. The molecule has 14 heavy (non-hydrogen) atoms. The number of rotatable bonds is 4. The molecule has 0 saturated carbocycles. The van der Waals surface area contributed by atoms with Crippen LogP contribution in [0.15, 0.2) is 30.3 Å². The van der Waals surface area contributed by atoms with Gasteiger partial charge in [-0.05, 0) is 33.5 Å². The first-order valence-electron chi connectivity index (χ1n) is 5.03. The Morgan fingerprint density at radius 2 is 1.64 bits per heavy atom. The van der Waals surface area contributed by atoms with E-state index < -0.39 is 0 Å². The Hall–Kier alpha value is -0.860. The minimum atomic E-state index is 0.0517. The third kappa shape index (κ3) is 2.34. The number of likely N-dealkylation sites (N-methyl/N-ethyl adjacent to an activating group) is 2. The van der Waals surface area contributed by atoms with E-state index in [9.17, 15) is 0 Å². The van der Waals surface area contributed by atoms with Crippen LogP contribution in [0, 0.1) is 0 Å². The van der Waals surface area contributed by atoms with Crippen LogP contribution in [0.4, 0.5) is 0 Å². The molecule has 0 saturated heterocycles. The minimum absolute atomic E-state index is 0.0517. The van der Waals surface area contributed by atoms with Gasteiger partial charge in [0.25, 0.3) is 0 Å². The lowest BCUT2D eigenvalue weighted by Gasteiger charge is -2.34. The van der Waals surface area contributed by atoms with Crippen molar-refractivity contribution in [1.29, 1.82) is 0 Å². The predicted octanol–water partition coefficient (Wildman–Crippen LogP) is 1.95. The van der Waals surface area contributed by atoms with Gasteiger partial charge >= 0.3 is 0 Å². The Morgan fingerprint density at radius 1 is 1.07 bits per heavy atom. The van der Waals surface area contributed by atoms with Crippen molar-refractivity contribution in [2.75, 3.05) is 14.1 Å². The van der Waals surface area contributed by atoms with E-state index in [2.05, 4.69) is 48.7 Å². The van der Waals surface area contributed by atoms with Crippen LogP contribution in [-0.4, -0.2) is 19.6 Å². The third-order valence-electron chi connectivity index (χ3n) is 2.79. The summed E-state index contributed by atoms with van der Waals surface area (Å²) in [7, 11) is 3.99. The van der Waals surface area contributed by atoms with Crippen molar-refractivity contribution >= 4 is 0 Å². The molecule has 2 N–H and O–H groups in total. The maximum absolute atomic E-state index is 3.35. The molecule has 0 aliphatic rings. The normalized spacial score (nSPS) is 14.0. The summed E-state index contributed by atoms with van der Waals surface area (Å²) in [6.07, 6.45) is 0. The number of hydrogen-bond donors (Lipinski definition) is 2. The molecule has 1 atom stereocenters. The molecule has 0 spiro atoms. The SMILES string of the molecule is CNC(c1ccccc1)C(C)(C)NC. The quantitative estimate of drug-likeness (QED) is 0.762. The van der Waals surface area contributed by atoms with Crippen molar-refractivity contribution in [2.45, 2.75) is 25.4 Å². The van der Waals surface area contributed by atoms with E-state index >= 15 is 0 Å². The number of nitrogens with one attached hydrogen (secondary N) is 2. The molecule has 1 rings (SSSR count). The highest BCUT2D eigenvalue weighted by molar-refractivity contribution is 5.22. The lowest BCUT2D eigenvalue weighted by atomic mass is 9.89. The van der Waals surface area contributed by atoms with E-state index in [1.54, 1.807) is 0 Å². The smallest absolute Gasteiger partial charge is 0.0497 e. The van der Waals surface area contributed by atoms with Crippen LogP contribution in [0.25, 0.3) is 0 Å². The van der Waals surface area contributed by atoms with Crippen LogP contribution in [0.3, 0.4) is 0 Å². The molecule has 0 aliphatic heterocycles. The highest BCUT2D eigenvalue weighted by Gasteiger charge is 2.27. The van der Waals surface area contributed by atoms with Crippen LogP contribution in [-0.2, 0) is 0 Å². The van der Waals surface area contributed by atoms with Gasteiger partial charge in [-0.15, -0.1) is 0 Å². The summed E-state index contributed by atoms with van der Waals surface area (Å²) in [5.41, 5.74) is 1.37. The average Bonchev–Trinajstić information content (AvgIpc) is 2.20. The molecule has 1 aromatic rings. The maximum atomic E-state index is 3.35. The van der Waals surface area contributed by atoms with Gasteiger partial charge in [0.2, 0.25) is 0 Å². The fraction of sp³-hybridized carbons (Fsp3) is 0.500. The largest absolute Gasteiger partial charge is 0.313 e. The Bertz CT molecular complexity index is 267. The Labute approximate surface area is 86.7 Å². The second-order valence-electron chi connectivity index (χ2n) is 4.10. The average molecular weight is 192 g/mol. The van der Waals surface area contributed by atoms with Crippen LogP contribution in [0.1, 0.15) is 25.5 Å². The van der Waals surface area contributed by atoms with Gasteiger partial charge in [-0.2, -0.15) is 0 Å². The molecule has 0 fully saturated rings. The summed E-state index contributed by atoms with van der Waals surface area (Å²) in [6.45, 7) is 4.39. The van der Waals surface area contributed by atoms with Gasteiger partial charge in [0, 0.05) is 11.6 Å². The first-order chi connectivity index (χ1) is 6.61. The van der Waals surface area contributed by atoms with E-state index in [4.69, 9.17) is 0 Å². The molecular formula is C12H20N2. The summed E-state index contributed by atoms with van der Waals surface area (Å²) in [6, 6.07) is 10.8. The molecule has 0 radical (unpaired) electrons. The Balaban J connectivity index is 2.93. The van der Waals surface area contributed by atoms with E-state index in [1.807, 2.05) is 20.2 Å². The zero-order valence-electron chi connectivity index (χ0n) is 9.46. The summed E-state index contributed by atoms with van der Waals surface area (Å²) in [5, 5.41) is 6.68. The summed E-state index contributed by atoms with van der Waals surface area (Å²) in [5.74, 6) is 0. The fourth-order valence-corrected chi connectivity index (χ4v) is 1.73. The van der Waals surface area contributed by atoms with Crippen LogP contribution in [0.2, 0.25) is 0 Å². The first kappa shape index (κ1) is 11.2. The van der Waals surface area contributed by atoms with Crippen LogP contribution in [0.5, 0.6) is 0 Å². The van der Waals surface area contributed by atoms with Crippen molar-refractivity contribution in [1.82, 2.24) is 10.6 Å². The third-order valence-corrected chi connectivity index (χ3v) is 2.79. The lowest BCUT2D eigenvalue weighted by molar-refractivity contribution is 0.311. The molecule has 1 aromatic carbocycles.